The number of anilines is 1. The molecule has 0 saturated carbocycles. The highest BCUT2D eigenvalue weighted by atomic mass is 16.5. The van der Waals surface area contributed by atoms with Gasteiger partial charge in [-0.05, 0) is 25.1 Å². The van der Waals surface area contributed by atoms with Gasteiger partial charge in [0.2, 0.25) is 0 Å². The van der Waals surface area contributed by atoms with Crippen LogP contribution < -0.4 is 5.73 Å². The zero-order chi connectivity index (χ0) is 10.6. The van der Waals surface area contributed by atoms with E-state index in [9.17, 15) is 4.79 Å². The fourth-order valence-corrected chi connectivity index (χ4v) is 1.06. The monoisotopic (exact) mass is 189 g/mol. The minimum absolute atomic E-state index is 0.396. The van der Waals surface area contributed by atoms with E-state index in [1.54, 1.807) is 25.1 Å². The summed E-state index contributed by atoms with van der Waals surface area (Å²) in [6, 6.07) is 4.91. The number of nitrogen functional groups attached to an aromatic ring is 1. The molecule has 1 aromatic carbocycles. The molecule has 0 atom stereocenters. The lowest BCUT2D eigenvalue weighted by atomic mass is 10.1. The van der Waals surface area contributed by atoms with Crippen molar-refractivity contribution >= 4 is 11.7 Å². The van der Waals surface area contributed by atoms with Crippen LogP contribution in [0.4, 0.5) is 5.69 Å². The number of benzene rings is 1. The predicted octanol–water partition coefficient (Wildman–Crippen LogP) is 1.43. The number of ether oxygens (including phenoxy) is 1. The summed E-state index contributed by atoms with van der Waals surface area (Å²) >= 11 is 0. The molecule has 72 valence electrons. The Balaban J connectivity index is 3.10. The molecule has 0 aliphatic heterocycles. The fourth-order valence-electron chi connectivity index (χ4n) is 1.06. The molecule has 0 heterocycles. The molecule has 0 radical (unpaired) electrons. The van der Waals surface area contributed by atoms with Crippen LogP contribution in [-0.2, 0) is 4.74 Å². The van der Waals surface area contributed by atoms with E-state index in [-0.39, 0.29) is 0 Å². The Bertz CT molecular complexity index is 413. The highest BCUT2D eigenvalue weighted by molar-refractivity contribution is 5.90. The minimum Gasteiger partial charge on any atom is -0.465 e. The summed E-state index contributed by atoms with van der Waals surface area (Å²) in [5.41, 5.74) is 7.34. The van der Waals surface area contributed by atoms with Gasteiger partial charge in [-0.25, -0.2) is 4.79 Å². The van der Waals surface area contributed by atoms with Crippen LogP contribution in [0.5, 0.6) is 0 Å². The van der Waals surface area contributed by atoms with E-state index in [0.29, 0.717) is 11.3 Å². The molecule has 0 bridgehead atoms. The zero-order valence-corrected chi connectivity index (χ0v) is 8.13. The van der Waals surface area contributed by atoms with Crippen LogP contribution in [0.3, 0.4) is 0 Å². The van der Waals surface area contributed by atoms with Crippen molar-refractivity contribution in [2.24, 2.45) is 0 Å². The molecule has 0 unspecified atom stereocenters. The van der Waals surface area contributed by atoms with Crippen LogP contribution in [0, 0.1) is 11.8 Å². The summed E-state index contributed by atoms with van der Waals surface area (Å²) in [5.74, 6) is 5.18. The van der Waals surface area contributed by atoms with Crippen molar-refractivity contribution in [3.05, 3.63) is 29.3 Å². The number of hydrogen-bond acceptors (Lipinski definition) is 3. The van der Waals surface area contributed by atoms with E-state index in [1.165, 1.54) is 7.11 Å². The van der Waals surface area contributed by atoms with Gasteiger partial charge in [0.1, 0.15) is 0 Å². The van der Waals surface area contributed by atoms with Gasteiger partial charge in [-0.3, -0.25) is 0 Å². The standard InChI is InChI=1S/C11H11NO2/c1-3-4-8-5-6-9(7-10(8)12)11(13)14-2/h5-7H,12H2,1-2H3. The third-order valence-electron chi connectivity index (χ3n) is 1.73. The fraction of sp³-hybridized carbons (Fsp3) is 0.182. The predicted molar refractivity (Wildman–Crippen MR) is 54.7 cm³/mol. The molecule has 0 aliphatic carbocycles. The van der Waals surface area contributed by atoms with Crippen LogP contribution in [-0.4, -0.2) is 13.1 Å². The Kier molecular flexibility index (Phi) is 3.14. The molecule has 1 aromatic rings. The van der Waals surface area contributed by atoms with Gasteiger partial charge in [-0.1, -0.05) is 5.92 Å². The minimum atomic E-state index is -0.396. The van der Waals surface area contributed by atoms with Gasteiger partial charge < -0.3 is 10.5 Å². The van der Waals surface area contributed by atoms with Gasteiger partial charge in [0.05, 0.1) is 12.7 Å². The summed E-state index contributed by atoms with van der Waals surface area (Å²) in [6.45, 7) is 1.73. The van der Waals surface area contributed by atoms with Gasteiger partial charge in [0.25, 0.3) is 0 Å². The molecule has 0 amide bonds. The van der Waals surface area contributed by atoms with Crippen LogP contribution in [0.2, 0.25) is 0 Å². The third kappa shape index (κ3) is 2.05. The maximum atomic E-state index is 11.1. The first kappa shape index (κ1) is 10.1. The second-order valence-corrected chi connectivity index (χ2v) is 2.67. The van der Waals surface area contributed by atoms with Gasteiger partial charge >= 0.3 is 5.97 Å². The Hall–Kier alpha value is -1.95. The topological polar surface area (TPSA) is 52.3 Å². The van der Waals surface area contributed by atoms with E-state index in [2.05, 4.69) is 16.6 Å². The van der Waals surface area contributed by atoms with Gasteiger partial charge in [0.15, 0.2) is 0 Å². The average Bonchev–Trinajstić information content (AvgIpc) is 2.20. The van der Waals surface area contributed by atoms with Crippen molar-refractivity contribution in [1.82, 2.24) is 0 Å². The molecule has 0 fully saturated rings. The quantitative estimate of drug-likeness (QED) is 0.413. The molecule has 14 heavy (non-hydrogen) atoms. The van der Waals surface area contributed by atoms with Crippen molar-refractivity contribution in [2.75, 3.05) is 12.8 Å². The molecule has 0 aliphatic rings. The van der Waals surface area contributed by atoms with Gasteiger partial charge in [-0.2, -0.15) is 0 Å². The van der Waals surface area contributed by atoms with Crippen LogP contribution in [0.25, 0.3) is 0 Å². The lowest BCUT2D eigenvalue weighted by molar-refractivity contribution is 0.0601. The SMILES string of the molecule is CC#Cc1ccc(C(=O)OC)cc1N. The second-order valence-electron chi connectivity index (χ2n) is 2.67. The molecular formula is C11H11NO2. The molecule has 1 rings (SSSR count). The summed E-state index contributed by atoms with van der Waals surface area (Å²) in [7, 11) is 1.33. The van der Waals surface area contributed by atoms with Gasteiger partial charge in [-0.15, -0.1) is 5.92 Å². The van der Waals surface area contributed by atoms with E-state index < -0.39 is 5.97 Å². The van der Waals surface area contributed by atoms with Crippen LogP contribution in [0.15, 0.2) is 18.2 Å². The van der Waals surface area contributed by atoms with Crippen molar-refractivity contribution < 1.29 is 9.53 Å². The lowest BCUT2D eigenvalue weighted by Gasteiger charge is -2.02. The molecule has 3 heteroatoms. The summed E-state index contributed by atoms with van der Waals surface area (Å²) in [5, 5.41) is 0. The normalized spacial score (nSPS) is 8.71. The van der Waals surface area contributed by atoms with Crippen LogP contribution in [0.1, 0.15) is 22.8 Å². The number of esters is 1. The maximum absolute atomic E-state index is 11.1. The summed E-state index contributed by atoms with van der Waals surface area (Å²) in [4.78, 5) is 11.1. The molecule has 3 nitrogen and oxygen atoms in total. The van der Waals surface area contributed by atoms with Crippen molar-refractivity contribution in [3.63, 3.8) is 0 Å². The first-order valence-corrected chi connectivity index (χ1v) is 4.09. The Labute approximate surface area is 82.9 Å². The van der Waals surface area contributed by atoms with Crippen LogP contribution >= 0.6 is 0 Å². The Morgan fingerprint density at radius 1 is 1.50 bits per heavy atom. The lowest BCUT2D eigenvalue weighted by Crippen LogP contribution is -2.02. The van der Waals surface area contributed by atoms with Crippen molar-refractivity contribution in [3.8, 4) is 11.8 Å². The number of hydrogen-bond donors (Lipinski definition) is 1. The van der Waals surface area contributed by atoms with E-state index >= 15 is 0 Å². The maximum Gasteiger partial charge on any atom is 0.337 e. The van der Waals surface area contributed by atoms with Crippen molar-refractivity contribution in [2.45, 2.75) is 6.92 Å². The highest BCUT2D eigenvalue weighted by Crippen LogP contribution is 2.13. The molecule has 0 aromatic heterocycles. The summed E-state index contributed by atoms with van der Waals surface area (Å²) in [6.07, 6.45) is 0. The Morgan fingerprint density at radius 3 is 2.71 bits per heavy atom. The smallest absolute Gasteiger partial charge is 0.337 e. The number of nitrogens with two attached hydrogens (primary N) is 1. The first-order valence-electron chi connectivity index (χ1n) is 4.09. The average molecular weight is 189 g/mol. The molecule has 2 N–H and O–H groups in total. The zero-order valence-electron chi connectivity index (χ0n) is 8.13. The van der Waals surface area contributed by atoms with E-state index in [4.69, 9.17) is 5.73 Å². The third-order valence-corrected chi connectivity index (χ3v) is 1.73. The number of carbonyl (C=O) groups is 1. The second kappa shape index (κ2) is 4.33. The highest BCUT2D eigenvalue weighted by Gasteiger charge is 2.06. The number of carbonyl (C=O) groups excluding carboxylic acids is 1. The summed E-state index contributed by atoms with van der Waals surface area (Å²) < 4.78 is 4.56. The van der Waals surface area contributed by atoms with Crippen molar-refractivity contribution in [1.29, 1.82) is 0 Å². The van der Waals surface area contributed by atoms with E-state index in [1.807, 2.05) is 0 Å². The number of methoxy groups -OCH3 is 1. The molecular weight excluding hydrogens is 178 g/mol. The first-order chi connectivity index (χ1) is 6.69. The molecule has 0 saturated heterocycles. The van der Waals surface area contributed by atoms with Gasteiger partial charge in [0, 0.05) is 11.3 Å². The largest absolute Gasteiger partial charge is 0.465 e. The Morgan fingerprint density at radius 2 is 2.21 bits per heavy atom. The molecule has 0 spiro atoms. The van der Waals surface area contributed by atoms with E-state index in [0.717, 1.165) is 5.56 Å². The number of rotatable bonds is 1.